The Bertz CT molecular complexity index is 1340. The first-order chi connectivity index (χ1) is 20.7. The number of carbonyl (C=O) groups is 2. The van der Waals surface area contributed by atoms with Crippen LogP contribution in [0.3, 0.4) is 0 Å². The number of halogens is 6. The van der Waals surface area contributed by atoms with Crippen LogP contribution in [0.15, 0.2) is 36.4 Å². The van der Waals surface area contributed by atoms with Crippen molar-refractivity contribution in [2.75, 3.05) is 31.1 Å². The lowest BCUT2D eigenvalue weighted by Crippen LogP contribution is -2.53. The summed E-state index contributed by atoms with van der Waals surface area (Å²) in [5.74, 6) is -0.203. The van der Waals surface area contributed by atoms with Crippen molar-refractivity contribution < 1.29 is 45.4 Å². The molecule has 0 saturated carbocycles. The Morgan fingerprint density at radius 2 is 1.59 bits per heavy atom. The van der Waals surface area contributed by atoms with E-state index in [0.29, 0.717) is 24.8 Å². The Hall–Kier alpha value is -3.48. The van der Waals surface area contributed by atoms with Crippen LogP contribution in [0.2, 0.25) is 0 Å². The fourth-order valence-corrected chi connectivity index (χ4v) is 5.96. The fraction of sp³-hybridized carbons (Fsp3) is 0.548. The maximum Gasteiger partial charge on any atom is 0.430 e. The van der Waals surface area contributed by atoms with Crippen LogP contribution in [0.1, 0.15) is 69.2 Å². The van der Waals surface area contributed by atoms with E-state index in [9.17, 15) is 35.9 Å². The van der Waals surface area contributed by atoms with Gasteiger partial charge in [0, 0.05) is 36.4 Å². The third-order valence-corrected chi connectivity index (χ3v) is 8.38. The van der Waals surface area contributed by atoms with Crippen molar-refractivity contribution in [2.24, 2.45) is 0 Å². The first kappa shape index (κ1) is 33.4. The Morgan fingerprint density at radius 1 is 0.955 bits per heavy atom. The second-order valence-electron chi connectivity index (χ2n) is 11.1. The molecule has 3 amide bonds. The molecule has 4 rings (SSSR count). The van der Waals surface area contributed by atoms with Crippen molar-refractivity contribution >= 4 is 17.6 Å². The lowest BCUT2D eigenvalue weighted by atomic mass is 9.87. The summed E-state index contributed by atoms with van der Waals surface area (Å²) in [4.78, 5) is 29.3. The largest absolute Gasteiger partial charge is 0.493 e. The van der Waals surface area contributed by atoms with Crippen molar-refractivity contribution in [3.05, 3.63) is 58.7 Å². The van der Waals surface area contributed by atoms with Crippen LogP contribution >= 0.6 is 0 Å². The van der Waals surface area contributed by atoms with Gasteiger partial charge in [0.2, 0.25) is 0 Å². The quantitative estimate of drug-likeness (QED) is 0.156. The number of nitrogens with one attached hydrogen (secondary N) is 1. The average molecular weight is 630 g/mol. The Labute approximate surface area is 252 Å². The molecule has 1 atom stereocenters. The van der Waals surface area contributed by atoms with Gasteiger partial charge in [0.05, 0.1) is 13.2 Å². The van der Waals surface area contributed by atoms with Crippen LogP contribution in [0.4, 0.5) is 36.8 Å². The number of rotatable bonds is 12. The Morgan fingerprint density at radius 3 is 2.16 bits per heavy atom. The molecule has 2 aliphatic heterocycles. The van der Waals surface area contributed by atoms with Crippen LogP contribution in [0.5, 0.6) is 5.75 Å². The fourth-order valence-electron chi connectivity index (χ4n) is 5.96. The molecular formula is C31H37F6N3O4. The number of urea groups is 1. The molecule has 0 radical (unpaired) electrons. The molecule has 1 N–H and O–H groups in total. The lowest BCUT2D eigenvalue weighted by Gasteiger charge is -2.33. The molecule has 1 saturated heterocycles. The summed E-state index contributed by atoms with van der Waals surface area (Å²) in [6.07, 6.45) is -10.00. The molecule has 1 unspecified atom stereocenters. The smallest absolute Gasteiger partial charge is 0.430 e. The van der Waals surface area contributed by atoms with Crippen LogP contribution in [0, 0.1) is 0 Å². The van der Waals surface area contributed by atoms with Gasteiger partial charge in [-0.2, -0.15) is 26.3 Å². The average Bonchev–Trinajstić information content (AvgIpc) is 3.47. The van der Waals surface area contributed by atoms with Crippen molar-refractivity contribution in [1.29, 1.82) is 0 Å². The molecule has 7 nitrogen and oxygen atoms in total. The molecular weight excluding hydrogens is 592 g/mol. The number of nitrogens with zero attached hydrogens (tertiary/aromatic N) is 2. The highest BCUT2D eigenvalue weighted by Gasteiger charge is 2.75. The standard InChI is InChI=1S/C31H37F6N3O4/c1-5-10-22-23-19-44-29(30(32,33)34,31(35,36)37)24(23)15-16-25(22)43-18-9-8-17-40-26(41)28(4,38-27(40)42)20-11-13-21(14-12-20)39(6-2)7-3/h11-16H,5-10,17-19H2,1-4H3,(H,38,42). The van der Waals surface area contributed by atoms with Crippen molar-refractivity contribution in [1.82, 2.24) is 10.2 Å². The summed E-state index contributed by atoms with van der Waals surface area (Å²) in [6, 6.07) is 8.86. The number of hydrogen-bond acceptors (Lipinski definition) is 5. The van der Waals surface area contributed by atoms with Crippen LogP contribution in [-0.2, 0) is 33.7 Å². The third kappa shape index (κ3) is 5.70. The summed E-state index contributed by atoms with van der Waals surface area (Å²) in [5, 5.41) is 2.78. The number of hydrogen-bond donors (Lipinski definition) is 1. The van der Waals surface area contributed by atoms with Crippen molar-refractivity contribution in [2.45, 2.75) is 83.5 Å². The highest BCUT2D eigenvalue weighted by atomic mass is 19.4. The van der Waals surface area contributed by atoms with E-state index in [-0.39, 0.29) is 42.4 Å². The van der Waals surface area contributed by atoms with Gasteiger partial charge in [-0.25, -0.2) is 4.79 Å². The molecule has 2 aromatic carbocycles. The first-order valence-electron chi connectivity index (χ1n) is 14.7. The van der Waals surface area contributed by atoms with E-state index in [1.165, 1.54) is 0 Å². The second kappa shape index (κ2) is 12.5. The minimum Gasteiger partial charge on any atom is -0.493 e. The van der Waals surface area contributed by atoms with E-state index < -0.39 is 41.7 Å². The number of carbonyl (C=O) groups excluding carboxylic acids is 2. The normalized spacial score (nSPS) is 19.7. The van der Waals surface area contributed by atoms with Gasteiger partial charge in [-0.05, 0) is 69.4 Å². The SMILES string of the molecule is CCCc1c(OCCCCN2C(=O)NC(C)(c3ccc(N(CC)CC)cc3)C2=O)ccc2c1COC2(C(F)(F)F)C(F)(F)F. The van der Waals surface area contributed by atoms with Crippen molar-refractivity contribution in [3.63, 3.8) is 0 Å². The number of imide groups is 1. The Kier molecular flexibility index (Phi) is 9.48. The van der Waals surface area contributed by atoms with E-state index in [0.717, 1.165) is 35.8 Å². The van der Waals surface area contributed by atoms with Crippen molar-refractivity contribution in [3.8, 4) is 5.75 Å². The number of benzene rings is 2. The van der Waals surface area contributed by atoms with Gasteiger partial charge >= 0.3 is 18.4 Å². The molecule has 0 spiro atoms. The minimum absolute atomic E-state index is 0.0772. The molecule has 2 aromatic rings. The molecule has 1 fully saturated rings. The molecule has 2 heterocycles. The minimum atomic E-state index is -5.70. The monoisotopic (exact) mass is 629 g/mol. The van der Waals surface area contributed by atoms with E-state index in [1.807, 2.05) is 38.1 Å². The number of alkyl halides is 6. The predicted octanol–water partition coefficient (Wildman–Crippen LogP) is 6.96. The molecule has 44 heavy (non-hydrogen) atoms. The maximum absolute atomic E-state index is 13.8. The second-order valence-corrected chi connectivity index (χ2v) is 11.1. The number of anilines is 1. The molecule has 2 aliphatic rings. The van der Waals surface area contributed by atoms with Gasteiger partial charge in [0.1, 0.15) is 11.3 Å². The highest BCUT2D eigenvalue weighted by molar-refractivity contribution is 6.07. The van der Waals surface area contributed by atoms with Crippen LogP contribution in [-0.4, -0.2) is 55.4 Å². The van der Waals surface area contributed by atoms with E-state index in [2.05, 4.69) is 15.0 Å². The third-order valence-electron chi connectivity index (χ3n) is 8.38. The zero-order valence-corrected chi connectivity index (χ0v) is 25.1. The first-order valence-corrected chi connectivity index (χ1v) is 14.7. The summed E-state index contributed by atoms with van der Waals surface area (Å²) < 4.78 is 92.9. The zero-order valence-electron chi connectivity index (χ0n) is 25.1. The van der Waals surface area contributed by atoms with E-state index in [1.54, 1.807) is 13.8 Å². The van der Waals surface area contributed by atoms with Gasteiger partial charge < -0.3 is 19.7 Å². The molecule has 0 aromatic heterocycles. The summed E-state index contributed by atoms with van der Waals surface area (Å²) >= 11 is 0. The van der Waals surface area contributed by atoms with E-state index in [4.69, 9.17) is 4.74 Å². The van der Waals surface area contributed by atoms with Gasteiger partial charge in [-0.15, -0.1) is 0 Å². The predicted molar refractivity (Wildman–Crippen MR) is 151 cm³/mol. The number of amides is 3. The molecule has 13 heteroatoms. The zero-order chi connectivity index (χ0) is 32.5. The van der Waals surface area contributed by atoms with Crippen LogP contribution in [0.25, 0.3) is 0 Å². The van der Waals surface area contributed by atoms with Gasteiger partial charge in [0.25, 0.3) is 11.5 Å². The summed E-state index contributed by atoms with van der Waals surface area (Å²) in [7, 11) is 0. The van der Waals surface area contributed by atoms with Crippen LogP contribution < -0.4 is 15.0 Å². The maximum atomic E-state index is 13.8. The van der Waals surface area contributed by atoms with Gasteiger partial charge in [-0.1, -0.05) is 31.5 Å². The molecule has 0 bridgehead atoms. The molecule has 242 valence electrons. The highest BCUT2D eigenvalue weighted by Crippen LogP contribution is 2.58. The number of unbranched alkanes of at least 4 members (excludes halogenated alkanes) is 1. The number of ether oxygens (including phenoxy) is 2. The topological polar surface area (TPSA) is 71.1 Å². The summed E-state index contributed by atoms with van der Waals surface area (Å²) in [5.41, 5.74) is -4.83. The van der Waals surface area contributed by atoms with Gasteiger partial charge in [0.15, 0.2) is 0 Å². The Balaban J connectivity index is 1.40. The molecule has 0 aliphatic carbocycles. The van der Waals surface area contributed by atoms with E-state index >= 15 is 0 Å². The number of fused-ring (bicyclic) bond motifs is 1. The lowest BCUT2D eigenvalue weighted by molar-refractivity contribution is -0.385. The van der Waals surface area contributed by atoms with Gasteiger partial charge in [-0.3, -0.25) is 9.69 Å². The summed E-state index contributed by atoms with van der Waals surface area (Å²) in [6.45, 7) is 8.51.